The van der Waals surface area contributed by atoms with Crippen LogP contribution in [0.25, 0.3) is 11.4 Å². The molecule has 3 rings (SSSR count). The van der Waals surface area contributed by atoms with Crippen LogP contribution < -0.4 is 4.74 Å². The van der Waals surface area contributed by atoms with E-state index in [1.165, 1.54) is 0 Å². The lowest BCUT2D eigenvalue weighted by molar-refractivity contribution is 0.415. The Kier molecular flexibility index (Phi) is 4.06. The van der Waals surface area contributed by atoms with Crippen molar-refractivity contribution >= 4 is 18.4 Å². The first-order valence-corrected chi connectivity index (χ1v) is 6.95. The van der Waals surface area contributed by atoms with E-state index in [4.69, 9.17) is 17.0 Å². The summed E-state index contributed by atoms with van der Waals surface area (Å²) in [7, 11) is 1.63. The number of aromatic amines is 1. The Balaban J connectivity index is 1.97. The Labute approximate surface area is 132 Å². The third-order valence-electron chi connectivity index (χ3n) is 3.01. The summed E-state index contributed by atoms with van der Waals surface area (Å²) < 4.78 is 7.15. The number of nitrogens with zero attached hydrogens (tertiary/aromatic N) is 4. The van der Waals surface area contributed by atoms with Gasteiger partial charge in [-0.2, -0.15) is 14.9 Å². The van der Waals surface area contributed by atoms with Gasteiger partial charge in [-0.3, -0.25) is 4.98 Å². The molecule has 3 aromatic rings. The van der Waals surface area contributed by atoms with Gasteiger partial charge in [0, 0.05) is 23.5 Å². The fourth-order valence-electron chi connectivity index (χ4n) is 1.90. The maximum Gasteiger partial charge on any atom is 0.216 e. The van der Waals surface area contributed by atoms with Gasteiger partial charge in [0.05, 0.1) is 13.3 Å². The molecule has 0 spiro atoms. The molecular weight excluding hydrogens is 298 g/mol. The van der Waals surface area contributed by atoms with E-state index in [1.807, 2.05) is 36.4 Å². The van der Waals surface area contributed by atoms with Crippen LogP contribution in [0, 0.1) is 4.77 Å². The van der Waals surface area contributed by atoms with Gasteiger partial charge >= 0.3 is 0 Å². The van der Waals surface area contributed by atoms with E-state index in [2.05, 4.69) is 20.3 Å². The molecule has 0 saturated heterocycles. The van der Waals surface area contributed by atoms with E-state index in [0.717, 1.165) is 16.9 Å². The second kappa shape index (κ2) is 6.31. The van der Waals surface area contributed by atoms with Crippen molar-refractivity contribution in [1.29, 1.82) is 0 Å². The molecule has 0 aliphatic carbocycles. The standard InChI is InChI=1S/C15H13N5OS/c1-21-13-6-4-12(5-7-13)14-18-19-15(22)20(14)17-10-11-3-2-8-16-9-11/h2-10H,1H3,(H,19,22). The van der Waals surface area contributed by atoms with E-state index >= 15 is 0 Å². The second-order valence-corrected chi connectivity index (χ2v) is 4.81. The molecule has 0 bridgehead atoms. The average molecular weight is 311 g/mol. The highest BCUT2D eigenvalue weighted by atomic mass is 32.1. The Hall–Kier alpha value is -2.80. The highest BCUT2D eigenvalue weighted by molar-refractivity contribution is 7.71. The van der Waals surface area contributed by atoms with Crippen LogP contribution in [0.1, 0.15) is 5.56 Å². The van der Waals surface area contributed by atoms with Gasteiger partial charge in [-0.05, 0) is 42.5 Å². The number of hydrogen-bond acceptors (Lipinski definition) is 5. The molecule has 1 aromatic carbocycles. The van der Waals surface area contributed by atoms with Gasteiger partial charge < -0.3 is 4.74 Å². The highest BCUT2D eigenvalue weighted by Crippen LogP contribution is 2.20. The summed E-state index contributed by atoms with van der Waals surface area (Å²) in [5.41, 5.74) is 1.77. The predicted octanol–water partition coefficient (Wildman–Crippen LogP) is 2.89. The number of methoxy groups -OCH3 is 1. The molecule has 22 heavy (non-hydrogen) atoms. The van der Waals surface area contributed by atoms with E-state index < -0.39 is 0 Å². The summed E-state index contributed by atoms with van der Waals surface area (Å²) in [5.74, 6) is 1.41. The second-order valence-electron chi connectivity index (χ2n) is 4.42. The fourth-order valence-corrected chi connectivity index (χ4v) is 2.08. The van der Waals surface area contributed by atoms with Crippen LogP contribution in [-0.4, -0.2) is 33.2 Å². The van der Waals surface area contributed by atoms with Crippen LogP contribution in [0.2, 0.25) is 0 Å². The number of rotatable bonds is 4. The number of ether oxygens (including phenoxy) is 1. The lowest BCUT2D eigenvalue weighted by atomic mass is 10.2. The fraction of sp³-hybridized carbons (Fsp3) is 0.0667. The van der Waals surface area contributed by atoms with Crippen molar-refractivity contribution in [1.82, 2.24) is 19.9 Å². The van der Waals surface area contributed by atoms with Gasteiger partial charge in [-0.1, -0.05) is 6.07 Å². The van der Waals surface area contributed by atoms with Crippen molar-refractivity contribution in [3.8, 4) is 17.1 Å². The average Bonchev–Trinajstić information content (AvgIpc) is 2.95. The molecule has 2 aromatic heterocycles. The van der Waals surface area contributed by atoms with Gasteiger partial charge in [0.15, 0.2) is 5.82 Å². The van der Waals surface area contributed by atoms with Crippen LogP contribution in [-0.2, 0) is 0 Å². The van der Waals surface area contributed by atoms with Crippen molar-refractivity contribution in [2.75, 3.05) is 7.11 Å². The molecule has 0 saturated carbocycles. The Morgan fingerprint density at radius 2 is 2.09 bits per heavy atom. The lowest BCUT2D eigenvalue weighted by Gasteiger charge is -2.03. The molecule has 0 amide bonds. The number of nitrogens with one attached hydrogen (secondary N) is 1. The number of pyridine rings is 1. The first kappa shape index (κ1) is 14.2. The summed E-state index contributed by atoms with van der Waals surface area (Å²) in [6.07, 6.45) is 5.12. The van der Waals surface area contributed by atoms with Crippen molar-refractivity contribution in [2.24, 2.45) is 5.10 Å². The van der Waals surface area contributed by atoms with Crippen LogP contribution >= 0.6 is 12.2 Å². The molecule has 0 fully saturated rings. The van der Waals surface area contributed by atoms with E-state index in [-0.39, 0.29) is 0 Å². The van der Waals surface area contributed by atoms with Crippen LogP contribution in [0.3, 0.4) is 0 Å². The summed E-state index contributed by atoms with van der Waals surface area (Å²) >= 11 is 5.23. The van der Waals surface area contributed by atoms with E-state index in [9.17, 15) is 0 Å². The molecular formula is C15H13N5OS. The van der Waals surface area contributed by atoms with Gasteiger partial charge in [0.25, 0.3) is 0 Å². The molecule has 0 radical (unpaired) electrons. The molecule has 110 valence electrons. The monoisotopic (exact) mass is 311 g/mol. The molecule has 7 heteroatoms. The predicted molar refractivity (Wildman–Crippen MR) is 86.6 cm³/mol. The van der Waals surface area contributed by atoms with Gasteiger partial charge in [-0.25, -0.2) is 5.10 Å². The third-order valence-corrected chi connectivity index (χ3v) is 3.27. The van der Waals surface area contributed by atoms with Crippen molar-refractivity contribution in [2.45, 2.75) is 0 Å². The SMILES string of the molecule is COc1ccc(-c2n[nH]c(=S)n2N=Cc2cccnc2)cc1. The summed E-state index contributed by atoms with van der Waals surface area (Å²) in [5, 5.41) is 11.4. The number of aromatic nitrogens is 4. The van der Waals surface area contributed by atoms with Crippen LogP contribution in [0.5, 0.6) is 5.75 Å². The highest BCUT2D eigenvalue weighted by Gasteiger charge is 2.08. The number of H-pyrrole nitrogens is 1. The van der Waals surface area contributed by atoms with Crippen LogP contribution in [0.4, 0.5) is 0 Å². The van der Waals surface area contributed by atoms with E-state index in [0.29, 0.717) is 10.6 Å². The van der Waals surface area contributed by atoms with Gasteiger partial charge in [-0.15, -0.1) is 0 Å². The zero-order valence-corrected chi connectivity index (χ0v) is 12.6. The van der Waals surface area contributed by atoms with Crippen molar-refractivity contribution < 1.29 is 4.74 Å². The maximum atomic E-state index is 5.23. The molecule has 0 unspecified atom stereocenters. The Morgan fingerprint density at radius 1 is 1.27 bits per heavy atom. The topological polar surface area (TPSA) is 68.1 Å². The Bertz CT molecular complexity index is 836. The summed E-state index contributed by atoms with van der Waals surface area (Å²) in [4.78, 5) is 4.04. The minimum absolute atomic E-state index is 0.422. The third kappa shape index (κ3) is 2.94. The first-order chi connectivity index (χ1) is 10.8. The normalized spacial score (nSPS) is 11.0. The largest absolute Gasteiger partial charge is 0.497 e. The zero-order valence-electron chi connectivity index (χ0n) is 11.8. The van der Waals surface area contributed by atoms with Gasteiger partial charge in [0.1, 0.15) is 5.75 Å². The summed E-state index contributed by atoms with van der Waals surface area (Å²) in [6.45, 7) is 0. The van der Waals surface area contributed by atoms with Crippen LogP contribution in [0.15, 0.2) is 53.9 Å². The maximum absolute atomic E-state index is 5.23. The van der Waals surface area contributed by atoms with Gasteiger partial charge in [0.2, 0.25) is 4.77 Å². The molecule has 1 N–H and O–H groups in total. The molecule has 6 nitrogen and oxygen atoms in total. The number of benzene rings is 1. The van der Waals surface area contributed by atoms with E-state index in [1.54, 1.807) is 30.4 Å². The van der Waals surface area contributed by atoms with Crippen molar-refractivity contribution in [3.63, 3.8) is 0 Å². The Morgan fingerprint density at radius 3 is 2.77 bits per heavy atom. The van der Waals surface area contributed by atoms with Crippen molar-refractivity contribution in [3.05, 3.63) is 59.1 Å². The minimum Gasteiger partial charge on any atom is -0.497 e. The first-order valence-electron chi connectivity index (χ1n) is 6.54. The molecule has 2 heterocycles. The lowest BCUT2D eigenvalue weighted by Crippen LogP contribution is -1.95. The summed E-state index contributed by atoms with van der Waals surface area (Å²) in [6, 6.07) is 11.3. The smallest absolute Gasteiger partial charge is 0.216 e. The minimum atomic E-state index is 0.422. The molecule has 0 aliphatic heterocycles. The molecule has 0 aliphatic rings. The quantitative estimate of drug-likeness (QED) is 0.594. The molecule has 0 atom stereocenters. The number of hydrogen-bond donors (Lipinski definition) is 1. The zero-order chi connectivity index (χ0) is 15.4.